The average molecular weight is 367 g/mol. The minimum Gasteiger partial charge on any atom is -0.371 e. The van der Waals surface area contributed by atoms with Crippen LogP contribution in [0.25, 0.3) is 0 Å². The van der Waals surface area contributed by atoms with E-state index >= 15 is 0 Å². The topological polar surface area (TPSA) is 53.4 Å². The Morgan fingerprint density at radius 3 is 2.85 bits per heavy atom. The van der Waals surface area contributed by atoms with Crippen molar-refractivity contribution in [3.8, 4) is 0 Å². The molecular weight excluding hydrogens is 338 g/mol. The molecule has 0 spiro atoms. The molecular formula is C21H29N5O. The fourth-order valence-corrected chi connectivity index (χ4v) is 4.21. The van der Waals surface area contributed by atoms with Gasteiger partial charge in [-0.1, -0.05) is 18.2 Å². The van der Waals surface area contributed by atoms with Crippen LogP contribution in [0.5, 0.6) is 0 Å². The summed E-state index contributed by atoms with van der Waals surface area (Å²) in [6.07, 6.45) is 3.36. The van der Waals surface area contributed by atoms with Crippen LogP contribution in [0.15, 0.2) is 30.3 Å². The van der Waals surface area contributed by atoms with E-state index in [1.165, 1.54) is 29.8 Å². The molecule has 1 N–H and O–H groups in total. The lowest BCUT2D eigenvalue weighted by molar-refractivity contribution is 0.117. The first-order valence-electron chi connectivity index (χ1n) is 10.00. The highest BCUT2D eigenvalue weighted by Gasteiger charge is 2.33. The number of hydrogen-bond donors (Lipinski definition) is 1. The number of likely N-dealkylation sites (tertiary alicyclic amines) is 1. The molecule has 1 saturated heterocycles. The zero-order chi connectivity index (χ0) is 18.8. The maximum Gasteiger partial charge on any atom is 0.317 e. The van der Waals surface area contributed by atoms with E-state index in [0.717, 1.165) is 44.8 Å². The third-order valence-electron chi connectivity index (χ3n) is 5.63. The number of aromatic nitrogens is 2. The summed E-state index contributed by atoms with van der Waals surface area (Å²) in [5.41, 5.74) is 5.02. The molecule has 0 aliphatic carbocycles. The molecule has 1 fully saturated rings. The Morgan fingerprint density at radius 1 is 1.26 bits per heavy atom. The van der Waals surface area contributed by atoms with Crippen molar-refractivity contribution >= 4 is 11.7 Å². The van der Waals surface area contributed by atoms with Crippen molar-refractivity contribution in [1.82, 2.24) is 20.0 Å². The smallest absolute Gasteiger partial charge is 0.317 e. The van der Waals surface area contributed by atoms with E-state index in [1.54, 1.807) is 0 Å². The van der Waals surface area contributed by atoms with Gasteiger partial charge < -0.3 is 15.1 Å². The fraction of sp³-hybridized carbons (Fsp3) is 0.524. The van der Waals surface area contributed by atoms with Crippen LogP contribution in [0.3, 0.4) is 0 Å². The Hall–Kier alpha value is -2.50. The molecule has 0 unspecified atom stereocenters. The maximum atomic E-state index is 12.3. The van der Waals surface area contributed by atoms with Gasteiger partial charge in [-0.2, -0.15) is 5.10 Å². The molecule has 144 valence electrons. The second-order valence-electron chi connectivity index (χ2n) is 7.74. The van der Waals surface area contributed by atoms with Crippen molar-refractivity contribution in [2.75, 3.05) is 37.6 Å². The minimum atomic E-state index is 0.0480. The summed E-state index contributed by atoms with van der Waals surface area (Å²) >= 11 is 0. The van der Waals surface area contributed by atoms with E-state index < -0.39 is 0 Å². The number of hydrogen-bond acceptors (Lipinski definition) is 3. The first kappa shape index (κ1) is 17.9. The number of carbonyl (C=O) groups excluding carboxylic acids is 1. The van der Waals surface area contributed by atoms with Crippen LogP contribution in [-0.4, -0.2) is 53.4 Å². The van der Waals surface area contributed by atoms with Crippen molar-refractivity contribution < 1.29 is 4.79 Å². The van der Waals surface area contributed by atoms with Crippen molar-refractivity contribution in [2.45, 2.75) is 39.2 Å². The van der Waals surface area contributed by atoms with E-state index in [9.17, 15) is 4.79 Å². The monoisotopic (exact) mass is 367 g/mol. The molecule has 0 atom stereocenters. The lowest BCUT2D eigenvalue weighted by Crippen LogP contribution is -2.54. The minimum absolute atomic E-state index is 0.0480. The normalized spacial score (nSPS) is 16.8. The highest BCUT2D eigenvalue weighted by atomic mass is 16.2. The van der Waals surface area contributed by atoms with Crippen molar-refractivity contribution in [2.24, 2.45) is 0 Å². The summed E-state index contributed by atoms with van der Waals surface area (Å²) < 4.78 is 2.05. The first-order chi connectivity index (χ1) is 13.1. The van der Waals surface area contributed by atoms with Gasteiger partial charge in [0.25, 0.3) is 0 Å². The number of urea groups is 1. The summed E-state index contributed by atoms with van der Waals surface area (Å²) in [6.45, 7) is 8.39. The van der Waals surface area contributed by atoms with E-state index in [1.807, 2.05) is 16.5 Å². The Bertz CT molecular complexity index is 809. The number of rotatable bonds is 5. The average Bonchev–Trinajstić information content (AvgIpc) is 2.95. The largest absolute Gasteiger partial charge is 0.371 e. The molecule has 2 aromatic rings. The van der Waals surface area contributed by atoms with Crippen LogP contribution in [0.2, 0.25) is 0 Å². The summed E-state index contributed by atoms with van der Waals surface area (Å²) in [6, 6.07) is 11.1. The summed E-state index contributed by atoms with van der Waals surface area (Å²) in [5.74, 6) is 0. The Morgan fingerprint density at radius 2 is 2.07 bits per heavy atom. The molecule has 6 heteroatoms. The third-order valence-corrected chi connectivity index (χ3v) is 5.63. The summed E-state index contributed by atoms with van der Waals surface area (Å²) in [5, 5.41) is 7.60. The zero-order valence-electron chi connectivity index (χ0n) is 16.3. The van der Waals surface area contributed by atoms with Crippen molar-refractivity contribution in [1.29, 1.82) is 0 Å². The molecule has 3 heterocycles. The van der Waals surface area contributed by atoms with Gasteiger partial charge in [0.05, 0.1) is 11.7 Å². The number of carbonyl (C=O) groups is 1. The number of nitrogens with one attached hydrogen (secondary N) is 1. The van der Waals surface area contributed by atoms with Gasteiger partial charge in [0, 0.05) is 44.1 Å². The van der Waals surface area contributed by atoms with Gasteiger partial charge in [0.15, 0.2) is 0 Å². The SMILES string of the molecule is Cc1cc(C)n(C2CN(C(=O)NCCCN3CCCc4ccccc43)C2)n1. The van der Waals surface area contributed by atoms with Crippen LogP contribution >= 0.6 is 0 Å². The van der Waals surface area contributed by atoms with Crippen LogP contribution < -0.4 is 10.2 Å². The quantitative estimate of drug-likeness (QED) is 0.827. The molecule has 1 aromatic heterocycles. The molecule has 27 heavy (non-hydrogen) atoms. The van der Waals surface area contributed by atoms with Crippen molar-refractivity contribution in [3.63, 3.8) is 0 Å². The van der Waals surface area contributed by atoms with Gasteiger partial charge in [-0.05, 0) is 50.8 Å². The number of aryl methyl sites for hydroxylation is 3. The Balaban J connectivity index is 1.19. The van der Waals surface area contributed by atoms with Gasteiger partial charge in [-0.15, -0.1) is 0 Å². The lowest BCUT2D eigenvalue weighted by atomic mass is 10.0. The second kappa shape index (κ2) is 7.62. The molecule has 0 bridgehead atoms. The number of anilines is 1. The van der Waals surface area contributed by atoms with Crippen LogP contribution in [-0.2, 0) is 6.42 Å². The van der Waals surface area contributed by atoms with E-state index in [-0.39, 0.29) is 6.03 Å². The fourth-order valence-electron chi connectivity index (χ4n) is 4.21. The Labute approximate surface area is 161 Å². The second-order valence-corrected chi connectivity index (χ2v) is 7.74. The van der Waals surface area contributed by atoms with E-state index in [2.05, 4.69) is 52.6 Å². The number of fused-ring (bicyclic) bond motifs is 1. The number of amides is 2. The molecule has 6 nitrogen and oxygen atoms in total. The molecule has 2 amide bonds. The third kappa shape index (κ3) is 3.80. The molecule has 2 aliphatic heterocycles. The van der Waals surface area contributed by atoms with Gasteiger partial charge >= 0.3 is 6.03 Å². The predicted molar refractivity (Wildman–Crippen MR) is 107 cm³/mol. The first-order valence-corrected chi connectivity index (χ1v) is 10.00. The van der Waals surface area contributed by atoms with Gasteiger partial charge in [-0.3, -0.25) is 4.68 Å². The standard InChI is InChI=1S/C21H29N5O/c1-16-13-17(2)26(23-16)19-14-25(15-19)21(27)22-10-6-12-24-11-5-8-18-7-3-4-9-20(18)24/h3-4,7,9,13,19H,5-6,8,10-12,14-15H2,1-2H3,(H,22,27). The van der Waals surface area contributed by atoms with Gasteiger partial charge in [-0.25, -0.2) is 4.79 Å². The number of para-hydroxylation sites is 1. The van der Waals surface area contributed by atoms with Crippen LogP contribution in [0.4, 0.5) is 10.5 Å². The summed E-state index contributed by atoms with van der Waals surface area (Å²) in [7, 11) is 0. The van der Waals surface area contributed by atoms with Crippen molar-refractivity contribution in [3.05, 3.63) is 47.3 Å². The van der Waals surface area contributed by atoms with Crippen LogP contribution in [0.1, 0.15) is 35.8 Å². The Kier molecular flexibility index (Phi) is 5.05. The van der Waals surface area contributed by atoms with E-state index in [0.29, 0.717) is 6.04 Å². The maximum absolute atomic E-state index is 12.3. The predicted octanol–water partition coefficient (Wildman–Crippen LogP) is 2.91. The highest BCUT2D eigenvalue weighted by molar-refractivity contribution is 5.75. The molecule has 4 rings (SSSR count). The highest BCUT2D eigenvalue weighted by Crippen LogP contribution is 2.26. The van der Waals surface area contributed by atoms with Gasteiger partial charge in [0.2, 0.25) is 0 Å². The van der Waals surface area contributed by atoms with E-state index in [4.69, 9.17) is 0 Å². The number of nitrogens with zero attached hydrogens (tertiary/aromatic N) is 4. The molecule has 2 aliphatic rings. The summed E-state index contributed by atoms with van der Waals surface area (Å²) in [4.78, 5) is 16.6. The van der Waals surface area contributed by atoms with Gasteiger partial charge in [0.1, 0.15) is 0 Å². The molecule has 0 saturated carbocycles. The zero-order valence-corrected chi connectivity index (χ0v) is 16.3. The lowest BCUT2D eigenvalue weighted by Gasteiger charge is -2.39. The molecule has 0 radical (unpaired) electrons. The van der Waals surface area contributed by atoms with Crippen LogP contribution in [0, 0.1) is 13.8 Å². The molecule has 1 aromatic carbocycles. The number of benzene rings is 1.